The lowest BCUT2D eigenvalue weighted by atomic mass is 10.0. The third-order valence-electron chi connectivity index (χ3n) is 7.42. The Balaban J connectivity index is 3.15. The van der Waals surface area contributed by atoms with Crippen LogP contribution in [0.1, 0.15) is 194 Å². The molecule has 0 amide bonds. The van der Waals surface area contributed by atoms with Crippen molar-refractivity contribution in [2.75, 3.05) is 6.61 Å². The summed E-state index contributed by atoms with van der Waals surface area (Å²) in [6.07, 6.45) is 35.7. The van der Waals surface area contributed by atoms with Crippen LogP contribution in [0.5, 0.6) is 0 Å². The molecule has 0 saturated heterocycles. The van der Waals surface area contributed by atoms with Crippen LogP contribution in [0.3, 0.4) is 0 Å². The molecule has 0 aliphatic rings. The van der Waals surface area contributed by atoms with Gasteiger partial charge < -0.3 is 4.74 Å². The van der Waals surface area contributed by atoms with Crippen LogP contribution in [-0.2, 0) is 9.53 Å². The minimum absolute atomic E-state index is 0.0251. The molecule has 0 atom stereocenters. The van der Waals surface area contributed by atoms with Crippen molar-refractivity contribution in [2.45, 2.75) is 194 Å². The predicted octanol–water partition coefficient (Wildman–Crippen LogP) is 11.7. The smallest absolute Gasteiger partial charge is 0.305 e. The summed E-state index contributed by atoms with van der Waals surface area (Å²) in [5, 5.41) is 0. The van der Waals surface area contributed by atoms with Gasteiger partial charge in [0.15, 0.2) is 0 Å². The fourth-order valence-electron chi connectivity index (χ4n) is 4.97. The van der Waals surface area contributed by atoms with E-state index in [0.717, 1.165) is 18.8 Å². The van der Waals surface area contributed by atoms with Gasteiger partial charge in [-0.15, -0.1) is 0 Å². The van der Waals surface area contributed by atoms with Gasteiger partial charge in [-0.2, -0.15) is 0 Å². The van der Waals surface area contributed by atoms with Gasteiger partial charge in [0.2, 0.25) is 0 Å². The van der Waals surface area contributed by atoms with Crippen molar-refractivity contribution in [3.05, 3.63) is 0 Å². The fourth-order valence-corrected chi connectivity index (χ4v) is 4.97. The average Bonchev–Trinajstić information content (AvgIpc) is 2.84. The molecule has 0 saturated carbocycles. The number of esters is 1. The first-order chi connectivity index (χ1) is 17.2. The van der Waals surface area contributed by atoms with Crippen molar-refractivity contribution in [1.29, 1.82) is 0 Å². The molecule has 0 heterocycles. The summed E-state index contributed by atoms with van der Waals surface area (Å²) < 4.78 is 5.42. The van der Waals surface area contributed by atoms with Crippen LogP contribution in [0.15, 0.2) is 0 Å². The molecule has 0 aromatic rings. The van der Waals surface area contributed by atoms with Crippen molar-refractivity contribution in [1.82, 2.24) is 0 Å². The summed E-state index contributed by atoms with van der Waals surface area (Å²) in [6.45, 7) is 7.57. The van der Waals surface area contributed by atoms with Crippen molar-refractivity contribution in [3.8, 4) is 0 Å². The lowest BCUT2D eigenvalue weighted by Gasteiger charge is -2.06. The maximum absolute atomic E-state index is 11.9. The summed E-state index contributed by atoms with van der Waals surface area (Å²) in [7, 11) is 0. The Morgan fingerprint density at radius 3 is 1.23 bits per heavy atom. The molecule has 0 bridgehead atoms. The van der Waals surface area contributed by atoms with E-state index in [-0.39, 0.29) is 5.97 Å². The number of unbranched alkanes of at least 4 members (excludes halogenated alkanes) is 23. The van der Waals surface area contributed by atoms with Crippen molar-refractivity contribution >= 4 is 5.97 Å². The van der Waals surface area contributed by atoms with Gasteiger partial charge in [-0.05, 0) is 18.8 Å². The van der Waals surface area contributed by atoms with E-state index in [9.17, 15) is 4.79 Å². The molecule has 0 aromatic heterocycles. The summed E-state index contributed by atoms with van der Waals surface area (Å²) in [5.41, 5.74) is 0. The van der Waals surface area contributed by atoms with Crippen LogP contribution in [0, 0.1) is 5.92 Å². The fraction of sp³-hybridized carbons (Fsp3) is 0.970. The highest BCUT2D eigenvalue weighted by Crippen LogP contribution is 2.15. The van der Waals surface area contributed by atoms with Crippen LogP contribution >= 0.6 is 0 Å². The van der Waals surface area contributed by atoms with Crippen molar-refractivity contribution in [3.63, 3.8) is 0 Å². The zero-order chi connectivity index (χ0) is 25.7. The molecule has 0 unspecified atom stereocenters. The highest BCUT2D eigenvalue weighted by Gasteiger charge is 2.03. The van der Waals surface area contributed by atoms with E-state index in [4.69, 9.17) is 4.74 Å². The number of ether oxygens (including phenoxy) is 1. The second kappa shape index (κ2) is 29.7. The van der Waals surface area contributed by atoms with Crippen LogP contribution in [-0.4, -0.2) is 12.6 Å². The normalized spacial score (nSPS) is 11.4. The van der Waals surface area contributed by atoms with E-state index in [1.165, 1.54) is 154 Å². The predicted molar refractivity (Wildman–Crippen MR) is 156 cm³/mol. The monoisotopic (exact) mass is 495 g/mol. The molecule has 210 valence electrons. The Kier molecular flexibility index (Phi) is 29.2. The number of carbonyl (C=O) groups excluding carboxylic acids is 1. The van der Waals surface area contributed by atoms with Crippen LogP contribution in [0.2, 0.25) is 0 Å². The number of carbonyl (C=O) groups is 1. The summed E-state index contributed by atoms with van der Waals surface area (Å²) in [6, 6.07) is 0. The molecule has 0 aromatic carbocycles. The topological polar surface area (TPSA) is 26.3 Å². The molecule has 0 radical (unpaired) electrons. The number of hydrogen-bond acceptors (Lipinski definition) is 2. The molecule has 0 rings (SSSR count). The average molecular weight is 495 g/mol. The first-order valence-electron chi connectivity index (χ1n) is 16.3. The Hall–Kier alpha value is -0.530. The van der Waals surface area contributed by atoms with Crippen LogP contribution < -0.4 is 0 Å². The van der Waals surface area contributed by atoms with E-state index in [0.29, 0.717) is 13.0 Å². The quantitative estimate of drug-likeness (QED) is 0.0763. The highest BCUT2D eigenvalue weighted by molar-refractivity contribution is 5.69. The van der Waals surface area contributed by atoms with Crippen molar-refractivity contribution < 1.29 is 9.53 Å². The van der Waals surface area contributed by atoms with Crippen LogP contribution in [0.25, 0.3) is 0 Å². The largest absolute Gasteiger partial charge is 0.466 e. The second-order valence-corrected chi connectivity index (χ2v) is 11.6. The first kappa shape index (κ1) is 34.5. The molecule has 0 aliphatic carbocycles. The standard InChI is InChI=1S/C33H66O2/c1-4-5-6-7-8-9-10-11-12-16-19-22-25-28-31-35-33(34)30-27-24-21-18-15-13-14-17-20-23-26-29-32(2)3/h32H,4-31H2,1-3H3. The molecule has 0 aliphatic heterocycles. The van der Waals surface area contributed by atoms with Gasteiger partial charge in [-0.25, -0.2) is 0 Å². The molecular formula is C33H66O2. The van der Waals surface area contributed by atoms with Crippen LogP contribution in [0.4, 0.5) is 0 Å². The van der Waals surface area contributed by atoms with Gasteiger partial charge in [-0.1, -0.05) is 175 Å². The Morgan fingerprint density at radius 1 is 0.486 bits per heavy atom. The summed E-state index contributed by atoms with van der Waals surface area (Å²) in [4.78, 5) is 11.9. The molecule has 2 nitrogen and oxygen atoms in total. The van der Waals surface area contributed by atoms with Gasteiger partial charge in [0.05, 0.1) is 6.61 Å². The zero-order valence-corrected chi connectivity index (χ0v) is 24.7. The van der Waals surface area contributed by atoms with E-state index in [2.05, 4.69) is 20.8 Å². The van der Waals surface area contributed by atoms with Gasteiger partial charge in [0.25, 0.3) is 0 Å². The van der Waals surface area contributed by atoms with Gasteiger partial charge in [0.1, 0.15) is 0 Å². The number of rotatable bonds is 29. The Bertz CT molecular complexity index is 404. The minimum Gasteiger partial charge on any atom is -0.466 e. The third-order valence-corrected chi connectivity index (χ3v) is 7.42. The van der Waals surface area contributed by atoms with E-state index < -0.39 is 0 Å². The lowest BCUT2D eigenvalue weighted by molar-refractivity contribution is -0.143. The molecule has 0 fully saturated rings. The van der Waals surface area contributed by atoms with Gasteiger partial charge in [-0.3, -0.25) is 4.79 Å². The molecule has 0 N–H and O–H groups in total. The Labute approximate surface area is 222 Å². The maximum Gasteiger partial charge on any atom is 0.305 e. The molecule has 0 spiro atoms. The summed E-state index contributed by atoms with van der Waals surface area (Å²) >= 11 is 0. The van der Waals surface area contributed by atoms with E-state index >= 15 is 0 Å². The number of hydrogen-bond donors (Lipinski definition) is 0. The minimum atomic E-state index is 0.0251. The van der Waals surface area contributed by atoms with E-state index in [1.807, 2.05) is 0 Å². The SMILES string of the molecule is CCCCCCCCCCCCCCCCOC(=O)CCCCCCCCCCCCCC(C)C. The molecule has 2 heteroatoms. The third kappa shape index (κ3) is 31.4. The first-order valence-corrected chi connectivity index (χ1v) is 16.3. The molecule has 35 heavy (non-hydrogen) atoms. The van der Waals surface area contributed by atoms with E-state index in [1.54, 1.807) is 0 Å². The Morgan fingerprint density at radius 2 is 0.829 bits per heavy atom. The highest BCUT2D eigenvalue weighted by atomic mass is 16.5. The lowest BCUT2D eigenvalue weighted by Crippen LogP contribution is -2.05. The second-order valence-electron chi connectivity index (χ2n) is 11.6. The zero-order valence-electron chi connectivity index (χ0n) is 24.7. The van der Waals surface area contributed by atoms with Gasteiger partial charge >= 0.3 is 5.97 Å². The summed E-state index contributed by atoms with van der Waals surface area (Å²) in [5.74, 6) is 0.892. The maximum atomic E-state index is 11.9. The molecular weight excluding hydrogens is 428 g/mol. The van der Waals surface area contributed by atoms with Gasteiger partial charge in [0, 0.05) is 6.42 Å². The van der Waals surface area contributed by atoms with Crippen molar-refractivity contribution in [2.24, 2.45) is 5.92 Å².